The predicted molar refractivity (Wildman–Crippen MR) is 112 cm³/mol. The van der Waals surface area contributed by atoms with Crippen LogP contribution >= 0.6 is 0 Å². The monoisotopic (exact) mass is 442 g/mol. The van der Waals surface area contributed by atoms with Gasteiger partial charge in [0.15, 0.2) is 0 Å². The Kier molecular flexibility index (Phi) is 17.1. The third-order valence-electron chi connectivity index (χ3n) is 4.41. The summed E-state index contributed by atoms with van der Waals surface area (Å²) in [6.07, 6.45) is 2.13. The second kappa shape index (κ2) is 16.9. The molecule has 9 N–H and O–H groups in total. The Labute approximate surface area is 173 Å². The molecule has 0 amide bonds. The standard InChI is InChI=1S/C5H13N2O.2C5H13N2.C3H7O.O.Ti/c6-2-4-7-3-1-5-8;2*1-2-4-7-5-3-6;1-3(2)4;;/h7H,1-6H2;2*7H,1-6H2;3H,1-2H3;;/q-1;;;-1;;+2. The molecule has 28 heavy (non-hydrogen) atoms. The van der Waals surface area contributed by atoms with Crippen LogP contribution in [0.25, 0.3) is 0 Å². The van der Waals surface area contributed by atoms with Crippen LogP contribution in [0.1, 0.15) is 33.1 Å². The summed E-state index contributed by atoms with van der Waals surface area (Å²) in [7, 11) is 0. The van der Waals surface area contributed by atoms with Gasteiger partial charge in [0.1, 0.15) is 0 Å². The van der Waals surface area contributed by atoms with Crippen molar-refractivity contribution in [1.29, 1.82) is 0 Å². The Morgan fingerprint density at radius 2 is 1.18 bits per heavy atom. The van der Waals surface area contributed by atoms with Crippen molar-refractivity contribution in [3.05, 3.63) is 0 Å². The van der Waals surface area contributed by atoms with Crippen molar-refractivity contribution in [1.82, 2.24) is 16.0 Å². The van der Waals surface area contributed by atoms with Crippen LogP contribution in [0.5, 0.6) is 0 Å². The molecule has 0 saturated heterocycles. The van der Waals surface area contributed by atoms with Gasteiger partial charge in [-0.1, -0.05) is 0 Å². The van der Waals surface area contributed by atoms with Gasteiger partial charge in [0, 0.05) is 0 Å². The molecule has 9 nitrogen and oxygen atoms in total. The van der Waals surface area contributed by atoms with Crippen LogP contribution in [0.2, 0.25) is 9.45 Å². The van der Waals surface area contributed by atoms with E-state index in [1.54, 1.807) is 0 Å². The fraction of sp³-hybridized carbons (Fsp3) is 1.00. The fourth-order valence-electron chi connectivity index (χ4n) is 3.23. The number of nitrogens with one attached hydrogen (secondary N) is 3. The number of hydrogen-bond acceptors (Lipinski definition) is 9. The Balaban J connectivity index is 4.90. The molecule has 0 unspecified atom stereocenters. The summed E-state index contributed by atoms with van der Waals surface area (Å²) in [4.78, 5) is 0. The first-order chi connectivity index (χ1) is 13.4. The average molecular weight is 442 g/mol. The van der Waals surface area contributed by atoms with Gasteiger partial charge in [0.2, 0.25) is 0 Å². The molecule has 0 aliphatic rings. The van der Waals surface area contributed by atoms with Crippen LogP contribution < -0.4 is 33.2 Å². The van der Waals surface area contributed by atoms with E-state index in [0.717, 1.165) is 58.5 Å². The molecule has 0 radical (unpaired) electrons. The summed E-state index contributed by atoms with van der Waals surface area (Å²) >= 11 is -4.80. The van der Waals surface area contributed by atoms with Gasteiger partial charge in [-0.2, -0.15) is 0 Å². The average Bonchev–Trinajstić information content (AvgIpc) is 2.64. The van der Waals surface area contributed by atoms with Crippen LogP contribution in [0.15, 0.2) is 0 Å². The summed E-state index contributed by atoms with van der Waals surface area (Å²) in [5.74, 6) is 0. The van der Waals surface area contributed by atoms with Crippen molar-refractivity contribution in [3.63, 3.8) is 0 Å². The quantitative estimate of drug-likeness (QED) is 0.106. The molecule has 0 aromatic rings. The summed E-state index contributed by atoms with van der Waals surface area (Å²) in [5, 5.41) is 9.76. The van der Waals surface area contributed by atoms with E-state index in [9.17, 15) is 3.32 Å². The van der Waals surface area contributed by atoms with E-state index in [1.165, 1.54) is 0 Å². The van der Waals surface area contributed by atoms with Gasteiger partial charge in [-0.15, -0.1) is 0 Å². The zero-order valence-electron chi connectivity index (χ0n) is 18.1. The first-order valence-corrected chi connectivity index (χ1v) is 15.0. The molecule has 0 heterocycles. The minimum atomic E-state index is -4.80. The summed E-state index contributed by atoms with van der Waals surface area (Å²) in [6, 6.07) is 0. The van der Waals surface area contributed by atoms with Crippen LogP contribution in [0.3, 0.4) is 0 Å². The van der Waals surface area contributed by atoms with Gasteiger partial charge in [0.05, 0.1) is 0 Å². The molecule has 0 atom stereocenters. The van der Waals surface area contributed by atoms with Gasteiger partial charge >= 0.3 is 173 Å². The summed E-state index contributed by atoms with van der Waals surface area (Å²) in [6.45, 7) is 10.6. The molecule has 0 rings (SSSR count). The number of nitrogens with two attached hydrogens (primary N) is 3. The minimum absolute atomic E-state index is 0.140. The zero-order valence-corrected chi connectivity index (χ0v) is 19.7. The van der Waals surface area contributed by atoms with E-state index in [2.05, 4.69) is 16.0 Å². The maximum absolute atomic E-state index is 14.2. The van der Waals surface area contributed by atoms with E-state index in [4.69, 9.17) is 23.8 Å². The Bertz CT molecular complexity index is 408. The third kappa shape index (κ3) is 14.2. The second-order valence-corrected chi connectivity index (χ2v) is 14.2. The summed E-state index contributed by atoms with van der Waals surface area (Å²) in [5.41, 5.74) is 16.5. The van der Waals surface area contributed by atoms with Crippen molar-refractivity contribution in [2.24, 2.45) is 17.2 Å². The zero-order chi connectivity index (χ0) is 21.2. The second-order valence-electron chi connectivity index (χ2n) is 7.56. The van der Waals surface area contributed by atoms with Crippen LogP contribution in [0.4, 0.5) is 0 Å². The van der Waals surface area contributed by atoms with Crippen molar-refractivity contribution in [2.75, 3.05) is 65.5 Å². The van der Waals surface area contributed by atoms with E-state index < -0.39 is 16.1 Å². The number of rotatable bonds is 21. The maximum atomic E-state index is 14.2. The van der Waals surface area contributed by atoms with Crippen molar-refractivity contribution in [3.8, 4) is 0 Å². The molecule has 0 aliphatic carbocycles. The van der Waals surface area contributed by atoms with E-state index in [0.29, 0.717) is 35.7 Å². The third-order valence-corrected chi connectivity index (χ3v) is 11.4. The van der Waals surface area contributed by atoms with E-state index in [1.807, 2.05) is 13.8 Å². The SMILES string of the molecule is CC(C)[O][Ti](=[O])([CH2]CCNCCN)([CH2]CCNCCN)[O]CCCNCCN. The Morgan fingerprint density at radius 1 is 0.750 bits per heavy atom. The van der Waals surface area contributed by atoms with Crippen LogP contribution in [0, 0.1) is 0 Å². The van der Waals surface area contributed by atoms with Crippen LogP contribution in [-0.2, 0) is 26.0 Å². The van der Waals surface area contributed by atoms with E-state index in [-0.39, 0.29) is 6.10 Å². The predicted octanol–water partition coefficient (Wildman–Crippen LogP) is -0.0551. The van der Waals surface area contributed by atoms with E-state index >= 15 is 0 Å². The Hall–Kier alpha value is 0.194. The molecule has 0 aromatic carbocycles. The molecular formula is C18H46N6O3Ti. The van der Waals surface area contributed by atoms with Crippen molar-refractivity contribution in [2.45, 2.75) is 48.7 Å². The van der Waals surface area contributed by atoms with Crippen molar-refractivity contribution >= 4 is 0 Å². The van der Waals surface area contributed by atoms with Gasteiger partial charge < -0.3 is 0 Å². The first-order valence-electron chi connectivity index (χ1n) is 10.8. The molecule has 170 valence electrons. The van der Waals surface area contributed by atoms with Crippen molar-refractivity contribution < 1.29 is 26.0 Å². The van der Waals surface area contributed by atoms with Crippen LogP contribution in [-0.4, -0.2) is 71.6 Å². The molecule has 0 spiro atoms. The molecule has 0 aliphatic heterocycles. The fourth-order valence-corrected chi connectivity index (χ4v) is 9.81. The topological polar surface area (TPSA) is 150 Å². The molecular weight excluding hydrogens is 396 g/mol. The molecule has 0 saturated carbocycles. The normalized spacial score (nSPS) is 12.8. The van der Waals surface area contributed by atoms with Gasteiger partial charge in [-0.3, -0.25) is 0 Å². The molecule has 0 bridgehead atoms. The first kappa shape index (κ1) is 28.2. The molecule has 0 aromatic heterocycles. The van der Waals surface area contributed by atoms with Gasteiger partial charge in [-0.05, 0) is 0 Å². The molecule has 10 heteroatoms. The molecule has 0 fully saturated rings. The Morgan fingerprint density at radius 3 is 1.57 bits per heavy atom. The van der Waals surface area contributed by atoms with Gasteiger partial charge in [0.25, 0.3) is 0 Å². The van der Waals surface area contributed by atoms with Gasteiger partial charge in [-0.25, -0.2) is 0 Å². The summed E-state index contributed by atoms with van der Waals surface area (Å²) < 4.78 is 27.5. The number of hydrogen-bond donors (Lipinski definition) is 6.